The van der Waals surface area contributed by atoms with Crippen LogP contribution in [0.15, 0.2) is 54.7 Å². The van der Waals surface area contributed by atoms with Crippen molar-refractivity contribution >= 4 is 35.3 Å². The highest BCUT2D eigenvalue weighted by atomic mass is 32.2. The van der Waals surface area contributed by atoms with E-state index in [0.717, 1.165) is 11.3 Å². The van der Waals surface area contributed by atoms with Crippen LogP contribution in [-0.2, 0) is 16.1 Å². The molecule has 1 aliphatic rings. The molecule has 3 aromatic rings. The Hall–Kier alpha value is -3.40. The highest BCUT2D eigenvalue weighted by Gasteiger charge is 2.37. The SMILES string of the molecule is CSCC[C@@H](NC(=O)CC[C@H]1NC(=O)N(Cc2ccccc2)C1=O)c1nnc2ccccn12. The molecule has 0 spiro atoms. The lowest BCUT2D eigenvalue weighted by molar-refractivity contribution is -0.128. The molecule has 2 aromatic heterocycles. The van der Waals surface area contributed by atoms with Crippen molar-refractivity contribution in [2.45, 2.75) is 37.9 Å². The molecule has 0 saturated carbocycles. The van der Waals surface area contributed by atoms with Crippen molar-refractivity contribution in [3.63, 3.8) is 0 Å². The minimum atomic E-state index is -0.703. The van der Waals surface area contributed by atoms with Gasteiger partial charge in [0.25, 0.3) is 5.91 Å². The van der Waals surface area contributed by atoms with Gasteiger partial charge in [-0.1, -0.05) is 36.4 Å². The Labute approximate surface area is 195 Å². The summed E-state index contributed by atoms with van der Waals surface area (Å²) < 4.78 is 1.87. The zero-order valence-corrected chi connectivity index (χ0v) is 19.1. The van der Waals surface area contributed by atoms with Gasteiger partial charge in [-0.3, -0.25) is 18.9 Å². The maximum Gasteiger partial charge on any atom is 0.325 e. The van der Waals surface area contributed by atoms with Gasteiger partial charge in [-0.25, -0.2) is 4.79 Å². The monoisotopic (exact) mass is 466 g/mol. The van der Waals surface area contributed by atoms with Crippen molar-refractivity contribution < 1.29 is 14.4 Å². The fourth-order valence-corrected chi connectivity index (χ4v) is 4.30. The van der Waals surface area contributed by atoms with E-state index in [9.17, 15) is 14.4 Å². The number of urea groups is 1. The molecule has 0 unspecified atom stereocenters. The van der Waals surface area contributed by atoms with Gasteiger partial charge >= 0.3 is 6.03 Å². The topological polar surface area (TPSA) is 109 Å². The number of hydrogen-bond acceptors (Lipinski definition) is 6. The Morgan fingerprint density at radius 3 is 2.73 bits per heavy atom. The molecule has 0 bridgehead atoms. The molecule has 0 radical (unpaired) electrons. The standard InChI is InChI=1S/C23H26N6O3S/c1-33-14-12-17(21-27-26-19-9-5-6-13-28(19)21)24-20(30)11-10-18-22(31)29(23(32)25-18)15-16-7-3-2-4-8-16/h2-9,13,17-18H,10-12,14-15H2,1H3,(H,24,30)(H,25,32)/t17-,18-/m1/s1. The average Bonchev–Trinajstić information content (AvgIpc) is 3.37. The maximum absolute atomic E-state index is 12.8. The number of nitrogens with one attached hydrogen (secondary N) is 2. The lowest BCUT2D eigenvalue weighted by Gasteiger charge is -2.17. The molecule has 10 heteroatoms. The second kappa shape index (κ2) is 10.5. The summed E-state index contributed by atoms with van der Waals surface area (Å²) in [7, 11) is 0. The third kappa shape index (κ3) is 5.33. The smallest absolute Gasteiger partial charge is 0.325 e. The van der Waals surface area contributed by atoms with Crippen LogP contribution in [0, 0.1) is 0 Å². The molecule has 1 aromatic carbocycles. The summed E-state index contributed by atoms with van der Waals surface area (Å²) in [6, 6.07) is 13.5. The number of rotatable bonds is 10. The molecule has 9 nitrogen and oxygen atoms in total. The van der Waals surface area contributed by atoms with Crippen LogP contribution in [0.4, 0.5) is 4.79 Å². The van der Waals surface area contributed by atoms with E-state index >= 15 is 0 Å². The van der Waals surface area contributed by atoms with Gasteiger partial charge in [-0.15, -0.1) is 10.2 Å². The van der Waals surface area contributed by atoms with Gasteiger partial charge in [0.05, 0.1) is 12.6 Å². The van der Waals surface area contributed by atoms with Crippen LogP contribution in [0.25, 0.3) is 5.65 Å². The number of fused-ring (bicyclic) bond motifs is 1. The van der Waals surface area contributed by atoms with E-state index in [1.807, 2.05) is 65.4 Å². The number of pyridine rings is 1. The molecule has 2 atom stereocenters. The lowest BCUT2D eigenvalue weighted by atomic mass is 10.1. The summed E-state index contributed by atoms with van der Waals surface area (Å²) >= 11 is 1.69. The van der Waals surface area contributed by atoms with Crippen molar-refractivity contribution in [3.8, 4) is 0 Å². The Morgan fingerprint density at radius 2 is 1.94 bits per heavy atom. The first kappa shape index (κ1) is 22.8. The third-order valence-corrected chi connectivity index (χ3v) is 6.19. The van der Waals surface area contributed by atoms with Crippen LogP contribution in [-0.4, -0.2) is 55.4 Å². The van der Waals surface area contributed by atoms with E-state index < -0.39 is 12.1 Å². The first-order valence-electron chi connectivity index (χ1n) is 10.8. The van der Waals surface area contributed by atoms with Gasteiger partial charge in [0.15, 0.2) is 11.5 Å². The fourth-order valence-electron chi connectivity index (χ4n) is 3.83. The number of thioether (sulfide) groups is 1. The fraction of sp³-hybridized carbons (Fsp3) is 0.348. The highest BCUT2D eigenvalue weighted by Crippen LogP contribution is 2.19. The number of imide groups is 1. The number of carbonyl (C=O) groups is 3. The molecule has 33 heavy (non-hydrogen) atoms. The molecule has 3 heterocycles. The van der Waals surface area contributed by atoms with Crippen molar-refractivity contribution in [2.24, 2.45) is 0 Å². The van der Waals surface area contributed by atoms with Crippen molar-refractivity contribution in [1.82, 2.24) is 30.1 Å². The second-order valence-electron chi connectivity index (χ2n) is 7.84. The number of nitrogens with zero attached hydrogens (tertiary/aromatic N) is 4. The molecule has 4 amide bonds. The molecular formula is C23H26N6O3S. The number of benzene rings is 1. The van der Waals surface area contributed by atoms with Crippen LogP contribution in [0.2, 0.25) is 0 Å². The van der Waals surface area contributed by atoms with E-state index in [0.29, 0.717) is 17.9 Å². The lowest BCUT2D eigenvalue weighted by Crippen LogP contribution is -2.34. The number of hydrogen-bond donors (Lipinski definition) is 2. The van der Waals surface area contributed by atoms with Gasteiger partial charge in [-0.2, -0.15) is 11.8 Å². The maximum atomic E-state index is 12.8. The van der Waals surface area contributed by atoms with E-state index in [2.05, 4.69) is 20.8 Å². The molecular weight excluding hydrogens is 440 g/mol. The number of carbonyl (C=O) groups excluding carboxylic acids is 3. The van der Waals surface area contributed by atoms with Crippen LogP contribution in [0.3, 0.4) is 0 Å². The Morgan fingerprint density at radius 1 is 1.15 bits per heavy atom. The van der Waals surface area contributed by atoms with Crippen molar-refractivity contribution in [2.75, 3.05) is 12.0 Å². The van der Waals surface area contributed by atoms with Gasteiger partial charge in [0, 0.05) is 12.6 Å². The van der Waals surface area contributed by atoms with Crippen LogP contribution >= 0.6 is 11.8 Å². The van der Waals surface area contributed by atoms with E-state index in [1.165, 1.54) is 4.90 Å². The summed E-state index contributed by atoms with van der Waals surface area (Å²) in [5, 5.41) is 14.2. The van der Waals surface area contributed by atoms with Crippen LogP contribution < -0.4 is 10.6 Å². The molecule has 1 fully saturated rings. The summed E-state index contributed by atoms with van der Waals surface area (Å²) in [6.45, 7) is 0.213. The Balaban J connectivity index is 1.36. The van der Waals surface area contributed by atoms with Gasteiger partial charge in [0.2, 0.25) is 5.91 Å². The molecule has 2 N–H and O–H groups in total. The predicted octanol–water partition coefficient (Wildman–Crippen LogP) is 2.54. The van der Waals surface area contributed by atoms with Gasteiger partial charge in [0.1, 0.15) is 6.04 Å². The number of aromatic nitrogens is 3. The first-order chi connectivity index (χ1) is 16.1. The van der Waals surface area contributed by atoms with E-state index in [4.69, 9.17) is 0 Å². The quantitative estimate of drug-likeness (QED) is 0.445. The average molecular weight is 467 g/mol. The predicted molar refractivity (Wildman–Crippen MR) is 125 cm³/mol. The normalized spacial score (nSPS) is 16.8. The largest absolute Gasteiger partial charge is 0.346 e. The third-order valence-electron chi connectivity index (χ3n) is 5.55. The first-order valence-corrected chi connectivity index (χ1v) is 12.2. The summed E-state index contributed by atoms with van der Waals surface area (Å²) in [5.74, 6) is 1.02. The minimum Gasteiger partial charge on any atom is -0.346 e. The summed E-state index contributed by atoms with van der Waals surface area (Å²) in [4.78, 5) is 39.0. The van der Waals surface area contributed by atoms with Crippen molar-refractivity contribution in [3.05, 3.63) is 66.1 Å². The summed E-state index contributed by atoms with van der Waals surface area (Å²) in [5.41, 5.74) is 1.59. The molecule has 0 aliphatic carbocycles. The van der Waals surface area contributed by atoms with Crippen LogP contribution in [0.5, 0.6) is 0 Å². The molecule has 1 aliphatic heterocycles. The molecule has 4 rings (SSSR count). The summed E-state index contributed by atoms with van der Waals surface area (Å²) in [6.07, 6.45) is 4.93. The van der Waals surface area contributed by atoms with Crippen molar-refractivity contribution in [1.29, 1.82) is 0 Å². The minimum absolute atomic E-state index is 0.113. The molecule has 1 saturated heterocycles. The van der Waals surface area contributed by atoms with E-state index in [-0.39, 0.29) is 37.2 Å². The highest BCUT2D eigenvalue weighted by molar-refractivity contribution is 7.98. The second-order valence-corrected chi connectivity index (χ2v) is 8.82. The van der Waals surface area contributed by atoms with Gasteiger partial charge < -0.3 is 10.6 Å². The Kier molecular flexibility index (Phi) is 7.23. The van der Waals surface area contributed by atoms with Crippen LogP contribution in [0.1, 0.15) is 36.7 Å². The zero-order chi connectivity index (χ0) is 23.2. The molecule has 172 valence electrons. The zero-order valence-electron chi connectivity index (χ0n) is 18.3. The van der Waals surface area contributed by atoms with E-state index in [1.54, 1.807) is 11.8 Å². The Bertz CT molecular complexity index is 1140. The van der Waals surface area contributed by atoms with Gasteiger partial charge in [-0.05, 0) is 42.5 Å². The number of amides is 4.